The van der Waals surface area contributed by atoms with Crippen LogP contribution in [0.4, 0.5) is 0 Å². The SMILES string of the molecule is O=C(OC(CN1CCOCC1)CS(=O)(=O)O)C12CC3CC(CC(C3)C1)C2. The normalized spacial score (nSPS) is 38.3. The summed E-state index contributed by atoms with van der Waals surface area (Å²) >= 11 is 0. The van der Waals surface area contributed by atoms with Crippen molar-refractivity contribution in [3.63, 3.8) is 0 Å². The number of hydrogen-bond acceptors (Lipinski definition) is 6. The van der Waals surface area contributed by atoms with Gasteiger partial charge in [-0.3, -0.25) is 14.2 Å². The first-order valence-corrected chi connectivity index (χ1v) is 11.4. The minimum absolute atomic E-state index is 0.237. The predicted octanol–water partition coefficient (Wildman–Crippen LogP) is 1.33. The van der Waals surface area contributed by atoms with Crippen molar-refractivity contribution >= 4 is 16.1 Å². The lowest BCUT2D eigenvalue weighted by Crippen LogP contribution is -2.52. The monoisotopic (exact) mass is 387 g/mol. The Morgan fingerprint density at radius 2 is 1.65 bits per heavy atom. The molecule has 5 aliphatic rings. The number of carbonyl (C=O) groups excluding carboxylic acids is 1. The topological polar surface area (TPSA) is 93.1 Å². The van der Waals surface area contributed by atoms with Crippen LogP contribution < -0.4 is 0 Å². The second kappa shape index (κ2) is 7.04. The second-order valence-electron chi connectivity index (χ2n) is 8.89. The molecular weight excluding hydrogens is 358 g/mol. The van der Waals surface area contributed by atoms with E-state index in [0.717, 1.165) is 19.3 Å². The maximum absolute atomic E-state index is 13.1. The van der Waals surface area contributed by atoms with Gasteiger partial charge in [-0.15, -0.1) is 0 Å². The van der Waals surface area contributed by atoms with Crippen LogP contribution in [0.5, 0.6) is 0 Å². The van der Waals surface area contributed by atoms with E-state index in [0.29, 0.717) is 50.6 Å². The highest BCUT2D eigenvalue weighted by atomic mass is 32.2. The van der Waals surface area contributed by atoms with Gasteiger partial charge >= 0.3 is 5.97 Å². The van der Waals surface area contributed by atoms with Crippen LogP contribution in [0.15, 0.2) is 0 Å². The molecule has 7 nitrogen and oxygen atoms in total. The fraction of sp³-hybridized carbons (Fsp3) is 0.944. The molecule has 0 aromatic carbocycles. The molecule has 1 heterocycles. The van der Waals surface area contributed by atoms with Gasteiger partial charge in [-0.05, 0) is 56.3 Å². The van der Waals surface area contributed by atoms with Gasteiger partial charge in [0.15, 0.2) is 0 Å². The second-order valence-corrected chi connectivity index (χ2v) is 10.4. The van der Waals surface area contributed by atoms with E-state index in [-0.39, 0.29) is 5.97 Å². The van der Waals surface area contributed by atoms with E-state index < -0.39 is 27.4 Å². The summed E-state index contributed by atoms with van der Waals surface area (Å²) in [5.74, 6) is 1.08. The molecule has 5 rings (SSSR count). The third kappa shape index (κ3) is 4.08. The average Bonchev–Trinajstić information content (AvgIpc) is 2.53. The number of morpholine rings is 1. The zero-order valence-corrected chi connectivity index (χ0v) is 16.0. The number of hydrogen-bond donors (Lipinski definition) is 1. The Hall–Kier alpha value is -0.700. The Bertz CT molecular complexity index is 607. The quantitative estimate of drug-likeness (QED) is 0.543. The summed E-state index contributed by atoms with van der Waals surface area (Å²) in [5, 5.41) is 0. The molecule has 148 valence electrons. The maximum atomic E-state index is 13.1. The third-order valence-corrected chi connectivity index (χ3v) is 7.50. The summed E-state index contributed by atoms with van der Waals surface area (Å²) in [6.07, 6.45) is 5.51. The highest BCUT2D eigenvalue weighted by molar-refractivity contribution is 7.85. The zero-order chi connectivity index (χ0) is 18.4. The van der Waals surface area contributed by atoms with Crippen molar-refractivity contribution in [3.8, 4) is 0 Å². The van der Waals surface area contributed by atoms with E-state index in [9.17, 15) is 17.8 Å². The Morgan fingerprint density at radius 1 is 1.12 bits per heavy atom. The average molecular weight is 387 g/mol. The standard InChI is InChI=1S/C18H29NO6S/c20-17(18-8-13-5-14(9-18)7-15(6-13)10-18)25-16(12-26(21,22)23)11-19-1-3-24-4-2-19/h13-16H,1-12H2,(H,21,22,23). The molecule has 0 aromatic rings. The van der Waals surface area contributed by atoms with Crippen LogP contribution in [0.25, 0.3) is 0 Å². The van der Waals surface area contributed by atoms with Crippen LogP contribution in [-0.4, -0.2) is 68.5 Å². The molecule has 5 fully saturated rings. The number of carbonyl (C=O) groups is 1. The molecule has 1 aliphatic heterocycles. The molecule has 8 heteroatoms. The summed E-state index contributed by atoms with van der Waals surface area (Å²) in [6, 6.07) is 0. The molecule has 0 amide bonds. The van der Waals surface area contributed by atoms with Gasteiger partial charge in [0, 0.05) is 19.6 Å². The van der Waals surface area contributed by atoms with Crippen molar-refractivity contribution in [1.82, 2.24) is 4.90 Å². The molecule has 26 heavy (non-hydrogen) atoms. The van der Waals surface area contributed by atoms with Crippen LogP contribution in [0, 0.1) is 23.2 Å². The van der Waals surface area contributed by atoms with Crippen molar-refractivity contribution in [1.29, 1.82) is 0 Å². The van der Waals surface area contributed by atoms with Crippen LogP contribution in [0.2, 0.25) is 0 Å². The Balaban J connectivity index is 1.45. The Kier molecular flexibility index (Phi) is 5.05. The fourth-order valence-electron chi connectivity index (χ4n) is 6.07. The lowest BCUT2D eigenvalue weighted by molar-refractivity contribution is -0.177. The molecule has 1 N–H and O–H groups in total. The summed E-state index contributed by atoms with van der Waals surface area (Å²) in [5.41, 5.74) is -0.419. The van der Waals surface area contributed by atoms with Gasteiger partial charge < -0.3 is 9.47 Å². The Morgan fingerprint density at radius 3 is 2.15 bits per heavy atom. The van der Waals surface area contributed by atoms with Gasteiger partial charge in [-0.1, -0.05) is 0 Å². The lowest BCUT2D eigenvalue weighted by atomic mass is 9.49. The van der Waals surface area contributed by atoms with Crippen molar-refractivity contribution in [2.24, 2.45) is 23.2 Å². The van der Waals surface area contributed by atoms with Crippen molar-refractivity contribution < 1.29 is 27.2 Å². The minimum Gasteiger partial charge on any atom is -0.459 e. The van der Waals surface area contributed by atoms with Crippen LogP contribution >= 0.6 is 0 Å². The molecule has 4 saturated carbocycles. The fourth-order valence-corrected chi connectivity index (χ4v) is 6.71. The molecule has 0 aromatic heterocycles. The van der Waals surface area contributed by atoms with E-state index in [1.54, 1.807) is 0 Å². The minimum atomic E-state index is -4.21. The smallest absolute Gasteiger partial charge is 0.312 e. The first-order valence-electron chi connectivity index (χ1n) is 9.78. The van der Waals surface area contributed by atoms with Gasteiger partial charge in [0.25, 0.3) is 10.1 Å². The highest BCUT2D eigenvalue weighted by Crippen LogP contribution is 2.60. The zero-order valence-electron chi connectivity index (χ0n) is 15.1. The summed E-state index contributed by atoms with van der Waals surface area (Å²) in [6.45, 7) is 2.85. The van der Waals surface area contributed by atoms with Gasteiger partial charge in [-0.2, -0.15) is 8.42 Å². The van der Waals surface area contributed by atoms with Gasteiger partial charge in [-0.25, -0.2) is 0 Å². The highest BCUT2D eigenvalue weighted by Gasteiger charge is 2.55. The van der Waals surface area contributed by atoms with Gasteiger partial charge in [0.05, 0.1) is 18.6 Å². The van der Waals surface area contributed by atoms with E-state index in [1.807, 2.05) is 4.90 Å². The first kappa shape index (κ1) is 18.7. The van der Waals surface area contributed by atoms with Crippen LogP contribution in [0.1, 0.15) is 38.5 Å². The third-order valence-electron chi connectivity index (χ3n) is 6.71. The lowest BCUT2D eigenvalue weighted by Gasteiger charge is -2.55. The Labute approximate surface area is 155 Å². The van der Waals surface area contributed by atoms with E-state index in [4.69, 9.17) is 9.47 Å². The molecule has 1 atom stereocenters. The largest absolute Gasteiger partial charge is 0.459 e. The van der Waals surface area contributed by atoms with Crippen molar-refractivity contribution in [2.75, 3.05) is 38.6 Å². The molecule has 1 unspecified atom stereocenters. The molecule has 4 aliphatic carbocycles. The molecule has 0 radical (unpaired) electrons. The van der Waals surface area contributed by atoms with Crippen molar-refractivity contribution in [2.45, 2.75) is 44.6 Å². The van der Waals surface area contributed by atoms with E-state index in [2.05, 4.69) is 0 Å². The molecule has 1 saturated heterocycles. The summed E-state index contributed by atoms with van der Waals surface area (Å²) in [7, 11) is -4.21. The molecular formula is C18H29NO6S. The summed E-state index contributed by atoms with van der Waals surface area (Å²) < 4.78 is 43.2. The van der Waals surface area contributed by atoms with E-state index >= 15 is 0 Å². The first-order chi connectivity index (χ1) is 12.3. The number of ether oxygens (including phenoxy) is 2. The van der Waals surface area contributed by atoms with E-state index in [1.165, 1.54) is 19.3 Å². The predicted molar refractivity (Wildman–Crippen MR) is 94.2 cm³/mol. The van der Waals surface area contributed by atoms with Gasteiger partial charge in [0.2, 0.25) is 0 Å². The van der Waals surface area contributed by atoms with Crippen molar-refractivity contribution in [3.05, 3.63) is 0 Å². The van der Waals surface area contributed by atoms with Gasteiger partial charge in [0.1, 0.15) is 11.9 Å². The molecule has 4 bridgehead atoms. The van der Waals surface area contributed by atoms with Crippen LogP contribution in [0.3, 0.4) is 0 Å². The molecule has 0 spiro atoms. The summed E-state index contributed by atoms with van der Waals surface area (Å²) in [4.78, 5) is 15.1. The number of nitrogens with zero attached hydrogens (tertiary/aromatic N) is 1. The maximum Gasteiger partial charge on any atom is 0.312 e. The number of esters is 1. The van der Waals surface area contributed by atoms with Crippen LogP contribution in [-0.2, 0) is 24.4 Å². The number of rotatable bonds is 6.